The maximum absolute atomic E-state index is 11.9. The molecule has 1 aromatic heterocycles. The first-order chi connectivity index (χ1) is 9.06. The summed E-state index contributed by atoms with van der Waals surface area (Å²) in [5, 5.41) is 19.2. The lowest BCUT2D eigenvalue weighted by atomic mass is 10.0. The molecular formula is C10H13N3O4S2. The molecule has 0 aromatic carbocycles. The number of carboxylic acid groups (broad SMARTS) is 1. The second kappa shape index (κ2) is 6.31. The summed E-state index contributed by atoms with van der Waals surface area (Å²) >= 11 is 2.23. The van der Waals surface area contributed by atoms with E-state index in [-0.39, 0.29) is 17.6 Å². The van der Waals surface area contributed by atoms with Crippen molar-refractivity contribution >= 4 is 40.1 Å². The van der Waals surface area contributed by atoms with Crippen molar-refractivity contribution in [3.63, 3.8) is 0 Å². The Morgan fingerprint density at radius 3 is 3.00 bits per heavy atom. The van der Waals surface area contributed by atoms with Gasteiger partial charge in [0.1, 0.15) is 6.10 Å². The van der Waals surface area contributed by atoms with Crippen molar-refractivity contribution in [2.24, 2.45) is 5.92 Å². The van der Waals surface area contributed by atoms with Crippen LogP contribution in [-0.4, -0.2) is 45.6 Å². The minimum Gasteiger partial charge on any atom is -0.481 e. The molecule has 1 aromatic rings. The van der Waals surface area contributed by atoms with Crippen molar-refractivity contribution in [3.8, 4) is 0 Å². The average molecular weight is 303 g/mol. The first-order valence-corrected chi connectivity index (χ1v) is 7.47. The Balaban J connectivity index is 1.88. The number of aliphatic carboxylic acids is 1. The van der Waals surface area contributed by atoms with Gasteiger partial charge in [-0.1, -0.05) is 30.0 Å². The summed E-state index contributed by atoms with van der Waals surface area (Å²) < 4.78 is 5.86. The minimum atomic E-state index is -0.918. The van der Waals surface area contributed by atoms with Gasteiger partial charge in [0.2, 0.25) is 5.13 Å². The number of hydrogen-bond donors (Lipinski definition) is 2. The van der Waals surface area contributed by atoms with Gasteiger partial charge in [0.15, 0.2) is 4.34 Å². The van der Waals surface area contributed by atoms with Gasteiger partial charge >= 0.3 is 5.97 Å². The third-order valence-electron chi connectivity index (χ3n) is 2.60. The number of nitrogens with one attached hydrogen (secondary N) is 1. The Kier molecular flexibility index (Phi) is 4.72. The third kappa shape index (κ3) is 3.88. The number of carbonyl (C=O) groups excluding carboxylic acids is 1. The molecule has 104 valence electrons. The van der Waals surface area contributed by atoms with Crippen LogP contribution in [0.15, 0.2) is 4.34 Å². The molecule has 1 fully saturated rings. The Bertz CT molecular complexity index is 479. The summed E-state index contributed by atoms with van der Waals surface area (Å²) in [7, 11) is 0. The summed E-state index contributed by atoms with van der Waals surface area (Å²) in [6.07, 6.45) is 0.424. The molecule has 2 atom stereocenters. The van der Waals surface area contributed by atoms with E-state index in [1.165, 1.54) is 0 Å². The number of nitrogens with zero attached hydrogens (tertiary/aromatic N) is 2. The molecule has 1 saturated heterocycles. The largest absolute Gasteiger partial charge is 0.481 e. The predicted octanol–water partition coefficient (Wildman–Crippen LogP) is 1.08. The Morgan fingerprint density at radius 1 is 1.58 bits per heavy atom. The average Bonchev–Trinajstić information content (AvgIpc) is 2.95. The van der Waals surface area contributed by atoms with Crippen LogP contribution in [0.2, 0.25) is 0 Å². The van der Waals surface area contributed by atoms with Crippen molar-refractivity contribution in [2.75, 3.05) is 17.7 Å². The fourth-order valence-electron chi connectivity index (χ4n) is 1.65. The summed E-state index contributed by atoms with van der Waals surface area (Å²) in [4.78, 5) is 22.3. The lowest BCUT2D eigenvalue weighted by molar-refractivity contribution is -0.134. The normalized spacial score (nSPS) is 22.4. The number of amides is 1. The van der Waals surface area contributed by atoms with Crippen molar-refractivity contribution in [1.82, 2.24) is 10.2 Å². The maximum atomic E-state index is 11.9. The first kappa shape index (κ1) is 14.2. The number of anilines is 1. The van der Waals surface area contributed by atoms with Gasteiger partial charge in [0, 0.05) is 6.61 Å². The topological polar surface area (TPSA) is 101 Å². The molecule has 0 saturated carbocycles. The number of ether oxygens (including phenoxy) is 1. The van der Waals surface area contributed by atoms with Crippen LogP contribution in [0.5, 0.6) is 0 Å². The number of hydrogen-bond acceptors (Lipinski definition) is 7. The Labute approximate surface area is 117 Å². The van der Waals surface area contributed by atoms with Gasteiger partial charge < -0.3 is 9.84 Å². The van der Waals surface area contributed by atoms with Crippen LogP contribution in [0, 0.1) is 5.92 Å². The number of carbonyl (C=O) groups is 2. The second-order valence-corrected chi connectivity index (χ2v) is 6.30. The molecule has 1 amide bonds. The van der Waals surface area contributed by atoms with E-state index in [0.29, 0.717) is 16.1 Å². The lowest BCUT2D eigenvalue weighted by Gasteiger charge is -2.12. The van der Waals surface area contributed by atoms with Gasteiger partial charge in [0.25, 0.3) is 5.91 Å². The molecule has 0 bridgehead atoms. The standard InChI is InChI=1S/C10H13N3O4S2/c1-5-2-3-17-7(5)8(16)11-9-12-13-10(19-9)18-4-6(14)15/h5,7H,2-4H2,1H3,(H,14,15)(H,11,12,16). The van der Waals surface area contributed by atoms with Gasteiger partial charge in [-0.3, -0.25) is 14.9 Å². The molecule has 0 radical (unpaired) electrons. The highest BCUT2D eigenvalue weighted by Gasteiger charge is 2.31. The van der Waals surface area contributed by atoms with E-state index in [9.17, 15) is 9.59 Å². The molecule has 2 unspecified atom stereocenters. The quantitative estimate of drug-likeness (QED) is 0.620. The molecule has 1 aliphatic heterocycles. The molecule has 2 N–H and O–H groups in total. The van der Waals surface area contributed by atoms with Crippen LogP contribution in [0.25, 0.3) is 0 Å². The number of carboxylic acids is 1. The number of rotatable bonds is 5. The molecule has 0 spiro atoms. The van der Waals surface area contributed by atoms with Crippen LogP contribution in [0.3, 0.4) is 0 Å². The van der Waals surface area contributed by atoms with Crippen molar-refractivity contribution in [1.29, 1.82) is 0 Å². The first-order valence-electron chi connectivity index (χ1n) is 5.67. The molecule has 1 aliphatic rings. The molecule has 0 aliphatic carbocycles. The molecular weight excluding hydrogens is 290 g/mol. The molecule has 9 heteroatoms. The number of aromatic nitrogens is 2. The minimum absolute atomic E-state index is 0.0780. The van der Waals surface area contributed by atoms with E-state index in [2.05, 4.69) is 15.5 Å². The molecule has 19 heavy (non-hydrogen) atoms. The molecule has 2 heterocycles. The summed E-state index contributed by atoms with van der Waals surface area (Å²) in [5.41, 5.74) is 0. The van der Waals surface area contributed by atoms with E-state index in [0.717, 1.165) is 29.5 Å². The summed E-state index contributed by atoms with van der Waals surface area (Å²) in [6, 6.07) is 0. The smallest absolute Gasteiger partial charge is 0.313 e. The summed E-state index contributed by atoms with van der Waals surface area (Å²) in [5.74, 6) is -1.03. The van der Waals surface area contributed by atoms with Gasteiger partial charge in [0.05, 0.1) is 5.75 Å². The van der Waals surface area contributed by atoms with E-state index in [4.69, 9.17) is 9.84 Å². The Hall–Kier alpha value is -1.19. The molecule has 2 rings (SSSR count). The predicted molar refractivity (Wildman–Crippen MR) is 70.4 cm³/mol. The summed E-state index contributed by atoms with van der Waals surface area (Å²) in [6.45, 7) is 2.56. The van der Waals surface area contributed by atoms with Gasteiger partial charge in [-0.15, -0.1) is 10.2 Å². The Morgan fingerprint density at radius 2 is 2.37 bits per heavy atom. The van der Waals surface area contributed by atoms with Crippen molar-refractivity contribution < 1.29 is 19.4 Å². The fraction of sp³-hybridized carbons (Fsp3) is 0.600. The maximum Gasteiger partial charge on any atom is 0.313 e. The van der Waals surface area contributed by atoms with E-state index < -0.39 is 12.1 Å². The highest BCUT2D eigenvalue weighted by molar-refractivity contribution is 8.01. The van der Waals surface area contributed by atoms with Crippen LogP contribution >= 0.6 is 23.1 Å². The highest BCUT2D eigenvalue weighted by Crippen LogP contribution is 2.26. The van der Waals surface area contributed by atoms with Crippen LogP contribution in [-0.2, 0) is 14.3 Å². The van der Waals surface area contributed by atoms with Crippen LogP contribution in [0.4, 0.5) is 5.13 Å². The molecule has 7 nitrogen and oxygen atoms in total. The van der Waals surface area contributed by atoms with Crippen molar-refractivity contribution in [2.45, 2.75) is 23.8 Å². The fourth-order valence-corrected chi connectivity index (χ4v) is 3.12. The van der Waals surface area contributed by atoms with Gasteiger partial charge in [-0.05, 0) is 12.3 Å². The van der Waals surface area contributed by atoms with E-state index in [1.54, 1.807) is 0 Å². The van der Waals surface area contributed by atoms with Gasteiger partial charge in [-0.2, -0.15) is 0 Å². The SMILES string of the molecule is CC1CCOC1C(=O)Nc1nnc(SCC(=O)O)s1. The zero-order valence-electron chi connectivity index (χ0n) is 10.2. The third-order valence-corrected chi connectivity index (χ3v) is 4.56. The zero-order valence-corrected chi connectivity index (χ0v) is 11.8. The number of thioether (sulfide) groups is 1. The van der Waals surface area contributed by atoms with Crippen LogP contribution in [0.1, 0.15) is 13.3 Å². The second-order valence-electron chi connectivity index (χ2n) is 4.10. The lowest BCUT2D eigenvalue weighted by Crippen LogP contribution is -2.31. The van der Waals surface area contributed by atoms with Gasteiger partial charge in [-0.25, -0.2) is 0 Å². The van der Waals surface area contributed by atoms with E-state index >= 15 is 0 Å². The zero-order chi connectivity index (χ0) is 13.8. The van der Waals surface area contributed by atoms with Crippen molar-refractivity contribution in [3.05, 3.63) is 0 Å². The van der Waals surface area contributed by atoms with Crippen LogP contribution < -0.4 is 5.32 Å². The monoisotopic (exact) mass is 303 g/mol. The van der Waals surface area contributed by atoms with E-state index in [1.807, 2.05) is 6.92 Å². The highest BCUT2D eigenvalue weighted by atomic mass is 32.2.